The first-order chi connectivity index (χ1) is 11.6. The second kappa shape index (κ2) is 8.28. The Balaban J connectivity index is 2.39. The molecule has 0 heterocycles. The number of hydrogen-bond donors (Lipinski definition) is 2. The van der Waals surface area contributed by atoms with E-state index in [1.165, 1.54) is 0 Å². The summed E-state index contributed by atoms with van der Waals surface area (Å²) in [4.78, 5) is 12.8. The van der Waals surface area contributed by atoms with Crippen LogP contribution in [0.5, 0.6) is 0 Å². The molecule has 0 aromatic heterocycles. The quantitative estimate of drug-likeness (QED) is 0.856. The summed E-state index contributed by atoms with van der Waals surface area (Å²) < 4.78 is 0. The second-order valence-corrected chi connectivity index (χ2v) is 6.04. The van der Waals surface area contributed by atoms with Gasteiger partial charge >= 0.3 is 0 Å². The van der Waals surface area contributed by atoms with Gasteiger partial charge in [-0.3, -0.25) is 4.79 Å². The van der Waals surface area contributed by atoms with Gasteiger partial charge in [-0.2, -0.15) is 5.26 Å². The molecule has 4 nitrogen and oxygen atoms in total. The third kappa shape index (κ3) is 4.01. The fraction of sp³-hybridized carbons (Fsp3) is 0.300. The van der Waals surface area contributed by atoms with Crippen molar-refractivity contribution in [3.05, 3.63) is 59.7 Å². The largest absolute Gasteiger partial charge is 0.396 e. The number of hydrogen-bond acceptors (Lipinski definition) is 3. The normalized spacial score (nSPS) is 11.8. The number of nitriles is 1. The summed E-state index contributed by atoms with van der Waals surface area (Å²) in [5, 5.41) is 21.5. The number of aliphatic hydroxyl groups excluding tert-OH is 1. The molecule has 0 aliphatic rings. The number of carbonyl (C=O) groups excluding carboxylic acids is 1. The van der Waals surface area contributed by atoms with Crippen molar-refractivity contribution in [2.45, 2.75) is 26.3 Å². The number of benzene rings is 2. The molecule has 0 aliphatic heterocycles. The maximum absolute atomic E-state index is 12.8. The number of rotatable bonds is 6. The Bertz CT molecular complexity index is 747. The van der Waals surface area contributed by atoms with Gasteiger partial charge < -0.3 is 10.4 Å². The van der Waals surface area contributed by atoms with E-state index < -0.39 is 0 Å². The minimum Gasteiger partial charge on any atom is -0.396 e. The zero-order valence-electron chi connectivity index (χ0n) is 14.0. The Morgan fingerprint density at radius 1 is 1.12 bits per heavy atom. The van der Waals surface area contributed by atoms with E-state index in [0.717, 1.165) is 11.1 Å². The lowest BCUT2D eigenvalue weighted by Gasteiger charge is -2.22. The highest BCUT2D eigenvalue weighted by molar-refractivity contribution is 6.01. The molecule has 2 N–H and O–H groups in total. The number of nitrogens with zero attached hydrogens (tertiary/aromatic N) is 1. The van der Waals surface area contributed by atoms with E-state index in [4.69, 9.17) is 0 Å². The fourth-order valence-corrected chi connectivity index (χ4v) is 2.69. The van der Waals surface area contributed by atoms with Gasteiger partial charge in [0.2, 0.25) is 0 Å². The monoisotopic (exact) mass is 322 g/mol. The van der Waals surface area contributed by atoms with E-state index in [0.29, 0.717) is 17.5 Å². The Labute approximate surface area is 142 Å². The maximum atomic E-state index is 12.8. The van der Waals surface area contributed by atoms with Crippen LogP contribution in [0.3, 0.4) is 0 Å². The van der Waals surface area contributed by atoms with Crippen LogP contribution in [0.2, 0.25) is 0 Å². The number of nitrogens with one attached hydrogen (secondary N) is 1. The summed E-state index contributed by atoms with van der Waals surface area (Å²) in [5.74, 6) is 0.0325. The average Bonchev–Trinajstić information content (AvgIpc) is 2.61. The highest BCUT2D eigenvalue weighted by Gasteiger charge is 2.19. The molecule has 0 spiro atoms. The van der Waals surface area contributed by atoms with Crippen molar-refractivity contribution < 1.29 is 9.90 Å². The highest BCUT2D eigenvalue weighted by Crippen LogP contribution is 2.27. The van der Waals surface area contributed by atoms with Crippen molar-refractivity contribution in [1.29, 1.82) is 5.26 Å². The topological polar surface area (TPSA) is 73.1 Å². The molecule has 24 heavy (non-hydrogen) atoms. The zero-order valence-corrected chi connectivity index (χ0v) is 14.0. The Hall–Kier alpha value is -2.64. The number of carbonyl (C=O) groups is 1. The van der Waals surface area contributed by atoms with Crippen molar-refractivity contribution in [3.63, 3.8) is 0 Å². The third-order valence-corrected chi connectivity index (χ3v) is 4.07. The predicted molar refractivity (Wildman–Crippen MR) is 94.4 cm³/mol. The Kier molecular flexibility index (Phi) is 6.11. The van der Waals surface area contributed by atoms with Crippen LogP contribution in [-0.4, -0.2) is 23.7 Å². The first kappa shape index (κ1) is 17.7. The molecule has 2 aromatic rings. The summed E-state index contributed by atoms with van der Waals surface area (Å²) >= 11 is 0. The van der Waals surface area contributed by atoms with Crippen LogP contribution in [0.15, 0.2) is 48.5 Å². The summed E-state index contributed by atoms with van der Waals surface area (Å²) in [5.41, 5.74) is 2.55. The molecule has 0 aliphatic carbocycles. The van der Waals surface area contributed by atoms with Crippen LogP contribution < -0.4 is 5.32 Å². The molecule has 1 unspecified atom stereocenters. The van der Waals surface area contributed by atoms with Crippen molar-refractivity contribution in [2.24, 2.45) is 5.92 Å². The summed E-state index contributed by atoms with van der Waals surface area (Å²) in [6.45, 7) is 4.05. The highest BCUT2D eigenvalue weighted by atomic mass is 16.3. The molecule has 2 rings (SSSR count). The Morgan fingerprint density at radius 2 is 1.75 bits per heavy atom. The van der Waals surface area contributed by atoms with Crippen LogP contribution in [0.25, 0.3) is 11.1 Å². The van der Waals surface area contributed by atoms with Crippen molar-refractivity contribution in [2.75, 3.05) is 6.61 Å². The SMILES string of the molecule is CC(C)C(CCO)NC(=O)c1ccccc1-c1ccccc1C#N. The number of amides is 1. The van der Waals surface area contributed by atoms with Crippen LogP contribution in [0, 0.1) is 17.2 Å². The zero-order chi connectivity index (χ0) is 17.5. The van der Waals surface area contributed by atoms with Gasteiger partial charge in [-0.15, -0.1) is 0 Å². The molecule has 1 atom stereocenters. The standard InChI is InChI=1S/C20H22N2O2/c1-14(2)19(11-12-23)22-20(24)18-10-6-5-9-17(18)16-8-4-3-7-15(16)13-21/h3-10,14,19,23H,11-12H2,1-2H3,(H,22,24). The molecule has 4 heteroatoms. The first-order valence-corrected chi connectivity index (χ1v) is 8.08. The molecule has 124 valence electrons. The molecule has 0 saturated carbocycles. The van der Waals surface area contributed by atoms with Gasteiger partial charge in [-0.25, -0.2) is 0 Å². The molecule has 2 aromatic carbocycles. The Morgan fingerprint density at radius 3 is 2.38 bits per heavy atom. The molecule has 0 saturated heterocycles. The molecule has 0 fully saturated rings. The van der Waals surface area contributed by atoms with Gasteiger partial charge in [0, 0.05) is 23.8 Å². The van der Waals surface area contributed by atoms with E-state index >= 15 is 0 Å². The second-order valence-electron chi connectivity index (χ2n) is 6.04. The van der Waals surface area contributed by atoms with Gasteiger partial charge in [0.15, 0.2) is 0 Å². The number of aliphatic hydroxyl groups is 1. The van der Waals surface area contributed by atoms with E-state index in [9.17, 15) is 15.2 Å². The summed E-state index contributed by atoms with van der Waals surface area (Å²) in [6.07, 6.45) is 0.514. The average molecular weight is 322 g/mol. The van der Waals surface area contributed by atoms with Crippen LogP contribution in [0.1, 0.15) is 36.2 Å². The van der Waals surface area contributed by atoms with Crippen molar-refractivity contribution in [1.82, 2.24) is 5.32 Å². The van der Waals surface area contributed by atoms with Crippen LogP contribution in [0.4, 0.5) is 0 Å². The molecule has 0 bridgehead atoms. The minimum atomic E-state index is -0.189. The minimum absolute atomic E-state index is 0.0298. The predicted octanol–water partition coefficient (Wildman–Crippen LogP) is 3.36. The van der Waals surface area contributed by atoms with Gasteiger partial charge in [0.25, 0.3) is 5.91 Å². The van der Waals surface area contributed by atoms with Crippen LogP contribution in [-0.2, 0) is 0 Å². The van der Waals surface area contributed by atoms with Crippen molar-refractivity contribution >= 4 is 5.91 Å². The molecular weight excluding hydrogens is 300 g/mol. The fourth-order valence-electron chi connectivity index (χ4n) is 2.69. The third-order valence-electron chi connectivity index (χ3n) is 4.07. The maximum Gasteiger partial charge on any atom is 0.252 e. The van der Waals surface area contributed by atoms with Gasteiger partial charge in [0.1, 0.15) is 0 Å². The van der Waals surface area contributed by atoms with E-state index in [-0.39, 0.29) is 24.5 Å². The molecular formula is C20H22N2O2. The van der Waals surface area contributed by atoms with Gasteiger partial charge in [-0.05, 0) is 30.0 Å². The molecule has 0 radical (unpaired) electrons. The van der Waals surface area contributed by atoms with Crippen molar-refractivity contribution in [3.8, 4) is 17.2 Å². The van der Waals surface area contributed by atoms with E-state index in [1.54, 1.807) is 18.2 Å². The lowest BCUT2D eigenvalue weighted by Crippen LogP contribution is -2.39. The van der Waals surface area contributed by atoms with Gasteiger partial charge in [0.05, 0.1) is 11.6 Å². The lowest BCUT2D eigenvalue weighted by atomic mass is 9.94. The van der Waals surface area contributed by atoms with E-state index in [1.807, 2.05) is 44.2 Å². The summed E-state index contributed by atoms with van der Waals surface area (Å²) in [7, 11) is 0. The van der Waals surface area contributed by atoms with Gasteiger partial charge in [-0.1, -0.05) is 50.2 Å². The summed E-state index contributed by atoms with van der Waals surface area (Å²) in [6, 6.07) is 16.6. The van der Waals surface area contributed by atoms with E-state index in [2.05, 4.69) is 11.4 Å². The smallest absolute Gasteiger partial charge is 0.252 e. The first-order valence-electron chi connectivity index (χ1n) is 8.08. The van der Waals surface area contributed by atoms with Crippen LogP contribution >= 0.6 is 0 Å². The molecule has 1 amide bonds. The lowest BCUT2D eigenvalue weighted by molar-refractivity contribution is 0.0917.